The average molecular weight is 488 g/mol. The Morgan fingerprint density at radius 2 is 1.81 bits per heavy atom. The molecule has 1 saturated heterocycles. The van der Waals surface area contributed by atoms with E-state index >= 15 is 0 Å². The lowest BCUT2D eigenvalue weighted by Crippen LogP contribution is -2.48. The van der Waals surface area contributed by atoms with Gasteiger partial charge in [0.2, 0.25) is 0 Å². The minimum absolute atomic E-state index is 0. The van der Waals surface area contributed by atoms with E-state index in [1.54, 1.807) is 0 Å². The van der Waals surface area contributed by atoms with E-state index in [0.717, 1.165) is 29.2 Å². The van der Waals surface area contributed by atoms with Crippen LogP contribution < -0.4 is 10.6 Å². The molecule has 0 bridgehead atoms. The highest BCUT2D eigenvalue weighted by Gasteiger charge is 2.19. The van der Waals surface area contributed by atoms with Crippen LogP contribution in [0.2, 0.25) is 0 Å². The Kier molecular flexibility index (Phi) is 11.1. The fourth-order valence-corrected chi connectivity index (χ4v) is 3.50. The van der Waals surface area contributed by atoms with Crippen LogP contribution in [-0.2, 0) is 6.54 Å². The van der Waals surface area contributed by atoms with Crippen molar-refractivity contribution in [1.82, 2.24) is 15.5 Å². The average Bonchev–Trinajstić information content (AvgIpc) is 2.63. The van der Waals surface area contributed by atoms with E-state index in [0.29, 0.717) is 18.3 Å². The van der Waals surface area contributed by atoms with Crippen molar-refractivity contribution in [2.75, 3.05) is 26.2 Å². The summed E-state index contributed by atoms with van der Waals surface area (Å²) in [6.45, 7) is 13.3. The lowest BCUT2D eigenvalue weighted by Gasteiger charge is -2.33. The molecule has 154 valence electrons. The van der Waals surface area contributed by atoms with Gasteiger partial charge >= 0.3 is 0 Å². The van der Waals surface area contributed by atoms with E-state index in [-0.39, 0.29) is 24.0 Å². The van der Waals surface area contributed by atoms with Crippen molar-refractivity contribution >= 4 is 29.9 Å². The molecule has 2 rings (SSSR count). The van der Waals surface area contributed by atoms with Gasteiger partial charge in [-0.25, -0.2) is 4.99 Å². The van der Waals surface area contributed by atoms with Gasteiger partial charge in [-0.05, 0) is 63.3 Å². The van der Waals surface area contributed by atoms with Crippen LogP contribution >= 0.6 is 24.0 Å². The fourth-order valence-electron chi connectivity index (χ4n) is 3.50. The van der Waals surface area contributed by atoms with Crippen LogP contribution in [0.25, 0.3) is 0 Å². The highest BCUT2D eigenvalue weighted by atomic mass is 127. The minimum atomic E-state index is 0. The topological polar surface area (TPSA) is 59.9 Å². The molecule has 1 aliphatic rings. The predicted molar refractivity (Wildman–Crippen MR) is 125 cm³/mol. The summed E-state index contributed by atoms with van der Waals surface area (Å²) >= 11 is 0. The number of likely N-dealkylation sites (tertiary alicyclic amines) is 1. The third-order valence-electron chi connectivity index (χ3n) is 5.07. The van der Waals surface area contributed by atoms with E-state index in [4.69, 9.17) is 4.99 Å². The smallest absolute Gasteiger partial charge is 0.191 e. The summed E-state index contributed by atoms with van der Waals surface area (Å²) in [5, 5.41) is 16.9. The number of aliphatic imine (C=N–C) groups is 1. The number of phenolic OH excluding ortho intramolecular Hbond substituents is 1. The second kappa shape index (κ2) is 12.4. The monoisotopic (exact) mass is 488 g/mol. The molecular weight excluding hydrogens is 451 g/mol. The number of aromatic hydroxyl groups is 1. The Morgan fingerprint density at radius 1 is 1.19 bits per heavy atom. The van der Waals surface area contributed by atoms with Crippen LogP contribution in [0, 0.1) is 13.8 Å². The molecule has 1 aliphatic heterocycles. The number of hydrogen-bond donors (Lipinski definition) is 3. The van der Waals surface area contributed by atoms with Gasteiger partial charge in [0.25, 0.3) is 0 Å². The van der Waals surface area contributed by atoms with Crippen molar-refractivity contribution < 1.29 is 5.11 Å². The predicted octanol–water partition coefficient (Wildman–Crippen LogP) is 3.95. The molecular formula is C21H37IN4O. The molecule has 1 fully saturated rings. The molecule has 0 aromatic heterocycles. The van der Waals surface area contributed by atoms with Crippen molar-refractivity contribution in [3.8, 4) is 5.75 Å². The zero-order chi connectivity index (χ0) is 18.9. The first-order chi connectivity index (χ1) is 12.5. The van der Waals surface area contributed by atoms with Crippen LogP contribution in [0.1, 0.15) is 56.2 Å². The Labute approximate surface area is 182 Å². The third kappa shape index (κ3) is 7.86. The standard InChI is InChI=1S/C21H36N4O.HI/c1-5-7-10-25-11-8-19(9-12-25)24-21(22-6-2)23-15-18-13-16(3)20(26)17(4)14-18;/h13-14,19,26H,5-12,15H2,1-4H3,(H2,22,23,24);1H. The van der Waals surface area contributed by atoms with Crippen molar-refractivity contribution in [1.29, 1.82) is 0 Å². The molecule has 27 heavy (non-hydrogen) atoms. The second-order valence-electron chi connectivity index (χ2n) is 7.39. The van der Waals surface area contributed by atoms with Crippen LogP contribution in [0.15, 0.2) is 17.1 Å². The lowest BCUT2D eigenvalue weighted by atomic mass is 10.0. The molecule has 1 heterocycles. The first-order valence-electron chi connectivity index (χ1n) is 10.1. The molecule has 0 spiro atoms. The lowest BCUT2D eigenvalue weighted by molar-refractivity contribution is 0.203. The maximum atomic E-state index is 9.92. The Morgan fingerprint density at radius 3 is 2.37 bits per heavy atom. The van der Waals surface area contributed by atoms with Crippen molar-refractivity contribution in [3.63, 3.8) is 0 Å². The minimum Gasteiger partial charge on any atom is -0.507 e. The molecule has 0 aliphatic carbocycles. The van der Waals surface area contributed by atoms with Crippen molar-refractivity contribution in [2.45, 2.75) is 66.0 Å². The fraction of sp³-hybridized carbons (Fsp3) is 0.667. The van der Waals surface area contributed by atoms with Gasteiger partial charge in [0, 0.05) is 25.7 Å². The van der Waals surface area contributed by atoms with Crippen LogP contribution in [0.5, 0.6) is 5.75 Å². The number of piperidine rings is 1. The summed E-state index contributed by atoms with van der Waals surface area (Å²) in [7, 11) is 0. The molecule has 0 unspecified atom stereocenters. The number of benzene rings is 1. The second-order valence-corrected chi connectivity index (χ2v) is 7.39. The zero-order valence-corrected chi connectivity index (χ0v) is 19.7. The SMILES string of the molecule is CCCCN1CCC(NC(=NCc2cc(C)c(O)c(C)c2)NCC)CC1.I. The largest absolute Gasteiger partial charge is 0.507 e. The van der Waals surface area contributed by atoms with Crippen molar-refractivity contribution in [2.24, 2.45) is 4.99 Å². The maximum Gasteiger partial charge on any atom is 0.191 e. The van der Waals surface area contributed by atoms with Crippen molar-refractivity contribution in [3.05, 3.63) is 28.8 Å². The van der Waals surface area contributed by atoms with E-state index < -0.39 is 0 Å². The number of rotatable bonds is 7. The number of phenols is 1. The molecule has 0 amide bonds. The summed E-state index contributed by atoms with van der Waals surface area (Å²) < 4.78 is 0. The number of halogens is 1. The molecule has 1 aromatic rings. The first-order valence-corrected chi connectivity index (χ1v) is 10.1. The van der Waals surface area contributed by atoms with Gasteiger partial charge in [0.05, 0.1) is 6.54 Å². The van der Waals surface area contributed by atoms with Crippen LogP contribution in [0.3, 0.4) is 0 Å². The third-order valence-corrected chi connectivity index (χ3v) is 5.07. The number of hydrogen-bond acceptors (Lipinski definition) is 3. The van der Waals surface area contributed by atoms with Gasteiger partial charge in [-0.2, -0.15) is 0 Å². The van der Waals surface area contributed by atoms with E-state index in [2.05, 4.69) is 29.4 Å². The molecule has 5 nitrogen and oxygen atoms in total. The summed E-state index contributed by atoms with van der Waals surface area (Å²) in [6.07, 6.45) is 4.91. The molecule has 1 aromatic carbocycles. The summed E-state index contributed by atoms with van der Waals surface area (Å²) in [4.78, 5) is 7.33. The Bertz CT molecular complexity index is 575. The highest BCUT2D eigenvalue weighted by molar-refractivity contribution is 14.0. The van der Waals surface area contributed by atoms with Gasteiger partial charge in [-0.3, -0.25) is 0 Å². The van der Waals surface area contributed by atoms with Gasteiger partial charge in [-0.15, -0.1) is 24.0 Å². The van der Waals surface area contributed by atoms with E-state index in [9.17, 15) is 5.11 Å². The highest BCUT2D eigenvalue weighted by Crippen LogP contribution is 2.23. The normalized spacial score (nSPS) is 16.1. The Hall–Kier alpha value is -1.02. The number of guanidine groups is 1. The molecule has 0 radical (unpaired) electrons. The summed E-state index contributed by atoms with van der Waals surface area (Å²) in [6, 6.07) is 4.53. The number of nitrogens with zero attached hydrogens (tertiary/aromatic N) is 2. The molecule has 3 N–H and O–H groups in total. The van der Waals surface area contributed by atoms with Gasteiger partial charge in [0.15, 0.2) is 5.96 Å². The van der Waals surface area contributed by atoms with Gasteiger partial charge < -0.3 is 20.6 Å². The van der Waals surface area contributed by atoms with Crippen LogP contribution in [0.4, 0.5) is 0 Å². The summed E-state index contributed by atoms with van der Waals surface area (Å²) in [5.74, 6) is 1.28. The molecule has 6 heteroatoms. The van der Waals surface area contributed by atoms with E-state index in [1.165, 1.54) is 45.3 Å². The maximum absolute atomic E-state index is 9.92. The zero-order valence-electron chi connectivity index (χ0n) is 17.3. The number of unbranched alkanes of at least 4 members (excludes halogenated alkanes) is 1. The summed E-state index contributed by atoms with van der Waals surface area (Å²) in [5.41, 5.74) is 2.95. The van der Waals surface area contributed by atoms with E-state index in [1.807, 2.05) is 26.0 Å². The molecule has 0 saturated carbocycles. The van der Waals surface area contributed by atoms with Crippen LogP contribution in [-0.4, -0.2) is 48.2 Å². The first kappa shape index (κ1) is 24.0. The molecule has 0 atom stereocenters. The van der Waals surface area contributed by atoms with Gasteiger partial charge in [-0.1, -0.05) is 25.5 Å². The Balaban J connectivity index is 0.00000364. The quantitative estimate of drug-likeness (QED) is 0.309. The number of aryl methyl sites for hydroxylation is 2. The van der Waals surface area contributed by atoms with Gasteiger partial charge in [0.1, 0.15) is 5.75 Å². The number of nitrogens with one attached hydrogen (secondary N) is 2.